The van der Waals surface area contributed by atoms with Crippen LogP contribution in [0.15, 0.2) is 43.0 Å². The number of aromatic nitrogens is 5. The van der Waals surface area contributed by atoms with Gasteiger partial charge in [-0.25, -0.2) is 9.67 Å². The molecule has 2 heterocycles. The van der Waals surface area contributed by atoms with Crippen LogP contribution in [0, 0.1) is 6.92 Å². The average Bonchev–Trinajstić information content (AvgIpc) is 3.20. The highest BCUT2D eigenvalue weighted by atomic mass is 16.5. The number of carbonyl (C=O) groups excluding carboxylic acids is 1. The summed E-state index contributed by atoms with van der Waals surface area (Å²) < 4.78 is 7.08. The number of carbonyl (C=O) groups is 1. The standard InChI is InChI=1S/C15H16N6O2/c1-10-7-14(20-19-10)23-13-5-3-12(4-6-13)18-15(22)11(2)21-9-16-8-17-21/h3-9,11H,1-2H3,(H,18,22)(H,19,20)/t11-/m0/s1. The summed E-state index contributed by atoms with van der Waals surface area (Å²) in [5, 5.41) is 13.6. The Kier molecular flexibility index (Phi) is 4.05. The van der Waals surface area contributed by atoms with E-state index in [2.05, 4.69) is 25.6 Å². The first-order valence-electron chi connectivity index (χ1n) is 7.07. The SMILES string of the molecule is Cc1cc(Oc2ccc(NC(=O)[C@H](C)n3cncn3)cc2)n[nH]1. The van der Waals surface area contributed by atoms with E-state index in [1.807, 2.05) is 6.92 Å². The van der Waals surface area contributed by atoms with Crippen LogP contribution in [0.25, 0.3) is 0 Å². The highest BCUT2D eigenvalue weighted by molar-refractivity contribution is 5.93. The normalized spacial score (nSPS) is 11.9. The number of aromatic amines is 1. The molecule has 1 aromatic carbocycles. The Labute approximate surface area is 132 Å². The number of ether oxygens (including phenoxy) is 1. The second-order valence-corrected chi connectivity index (χ2v) is 5.06. The lowest BCUT2D eigenvalue weighted by atomic mass is 10.2. The Morgan fingerprint density at radius 2 is 2.13 bits per heavy atom. The zero-order valence-electron chi connectivity index (χ0n) is 12.7. The van der Waals surface area contributed by atoms with E-state index >= 15 is 0 Å². The Hall–Kier alpha value is -3.16. The summed E-state index contributed by atoms with van der Waals surface area (Å²) >= 11 is 0. The molecule has 0 saturated heterocycles. The minimum Gasteiger partial charge on any atom is -0.438 e. The summed E-state index contributed by atoms with van der Waals surface area (Å²) in [6.45, 7) is 3.65. The summed E-state index contributed by atoms with van der Waals surface area (Å²) in [6, 6.07) is 8.41. The molecule has 0 radical (unpaired) electrons. The van der Waals surface area contributed by atoms with Crippen molar-refractivity contribution in [3.63, 3.8) is 0 Å². The lowest BCUT2D eigenvalue weighted by Gasteiger charge is -2.12. The second kappa shape index (κ2) is 6.30. The van der Waals surface area contributed by atoms with Gasteiger partial charge >= 0.3 is 0 Å². The first kappa shape index (κ1) is 14.8. The van der Waals surface area contributed by atoms with E-state index < -0.39 is 6.04 Å². The summed E-state index contributed by atoms with van der Waals surface area (Å²) in [5.74, 6) is 0.963. The molecule has 1 amide bonds. The molecule has 8 heteroatoms. The number of rotatable bonds is 5. The minimum atomic E-state index is -0.444. The summed E-state index contributed by atoms with van der Waals surface area (Å²) in [4.78, 5) is 16.0. The van der Waals surface area contributed by atoms with E-state index in [9.17, 15) is 4.79 Å². The molecule has 0 aliphatic carbocycles. The number of nitrogens with zero attached hydrogens (tertiary/aromatic N) is 4. The molecule has 2 N–H and O–H groups in total. The third kappa shape index (κ3) is 3.54. The molecule has 2 aromatic heterocycles. The van der Waals surface area contributed by atoms with E-state index in [0.29, 0.717) is 17.3 Å². The Morgan fingerprint density at radius 1 is 1.35 bits per heavy atom. The molecule has 0 fully saturated rings. The van der Waals surface area contributed by atoms with Crippen LogP contribution < -0.4 is 10.1 Å². The van der Waals surface area contributed by atoms with E-state index in [0.717, 1.165) is 5.69 Å². The van der Waals surface area contributed by atoms with Gasteiger partial charge in [-0.15, -0.1) is 5.10 Å². The number of hydrogen-bond acceptors (Lipinski definition) is 5. The van der Waals surface area contributed by atoms with E-state index in [4.69, 9.17) is 4.74 Å². The number of hydrogen-bond donors (Lipinski definition) is 2. The van der Waals surface area contributed by atoms with Gasteiger partial charge in [-0.1, -0.05) is 0 Å². The predicted molar refractivity (Wildman–Crippen MR) is 83.2 cm³/mol. The number of anilines is 1. The smallest absolute Gasteiger partial charge is 0.249 e. The van der Waals surface area contributed by atoms with Gasteiger partial charge in [0.15, 0.2) is 0 Å². The maximum Gasteiger partial charge on any atom is 0.249 e. The lowest BCUT2D eigenvalue weighted by molar-refractivity contribution is -0.119. The van der Waals surface area contributed by atoms with Gasteiger partial charge in [0.1, 0.15) is 24.4 Å². The van der Waals surface area contributed by atoms with Gasteiger partial charge < -0.3 is 10.1 Å². The number of nitrogens with one attached hydrogen (secondary N) is 2. The molecule has 8 nitrogen and oxygen atoms in total. The van der Waals surface area contributed by atoms with Crippen LogP contribution in [0.4, 0.5) is 5.69 Å². The van der Waals surface area contributed by atoms with Gasteiger partial charge in [0.05, 0.1) is 0 Å². The van der Waals surface area contributed by atoms with Crippen molar-refractivity contribution in [3.8, 4) is 11.6 Å². The first-order chi connectivity index (χ1) is 11.1. The van der Waals surface area contributed by atoms with Crippen LogP contribution in [0.3, 0.4) is 0 Å². The third-order valence-corrected chi connectivity index (χ3v) is 3.24. The molecule has 0 aliphatic heterocycles. The third-order valence-electron chi connectivity index (χ3n) is 3.24. The molecule has 3 rings (SSSR count). The Morgan fingerprint density at radius 3 is 2.74 bits per heavy atom. The summed E-state index contributed by atoms with van der Waals surface area (Å²) in [5.41, 5.74) is 1.60. The van der Waals surface area contributed by atoms with Crippen molar-refractivity contribution in [2.24, 2.45) is 0 Å². The fourth-order valence-electron chi connectivity index (χ4n) is 1.96. The molecule has 0 saturated carbocycles. The monoisotopic (exact) mass is 312 g/mol. The van der Waals surface area contributed by atoms with Crippen LogP contribution >= 0.6 is 0 Å². The van der Waals surface area contributed by atoms with Gasteiger partial charge in [0.25, 0.3) is 0 Å². The number of amides is 1. The van der Waals surface area contributed by atoms with Crippen molar-refractivity contribution in [2.45, 2.75) is 19.9 Å². The summed E-state index contributed by atoms with van der Waals surface area (Å²) in [6.07, 6.45) is 2.90. The molecular formula is C15H16N6O2. The van der Waals surface area contributed by atoms with E-state index in [-0.39, 0.29) is 5.91 Å². The Balaban J connectivity index is 1.62. The largest absolute Gasteiger partial charge is 0.438 e. The highest BCUT2D eigenvalue weighted by Crippen LogP contribution is 2.22. The van der Waals surface area contributed by atoms with Crippen molar-refractivity contribution >= 4 is 11.6 Å². The number of aryl methyl sites for hydroxylation is 1. The van der Waals surface area contributed by atoms with Gasteiger partial charge in [0.2, 0.25) is 11.8 Å². The van der Waals surface area contributed by atoms with Gasteiger partial charge in [-0.05, 0) is 38.1 Å². The minimum absolute atomic E-state index is 0.174. The lowest BCUT2D eigenvalue weighted by Crippen LogP contribution is -2.23. The van der Waals surface area contributed by atoms with Crippen molar-refractivity contribution < 1.29 is 9.53 Å². The van der Waals surface area contributed by atoms with Crippen LogP contribution in [-0.2, 0) is 4.79 Å². The molecule has 0 bridgehead atoms. The molecular weight excluding hydrogens is 296 g/mol. The predicted octanol–water partition coefficient (Wildman–Crippen LogP) is 2.30. The fraction of sp³-hybridized carbons (Fsp3) is 0.200. The van der Waals surface area contributed by atoms with Crippen molar-refractivity contribution in [1.29, 1.82) is 0 Å². The van der Waals surface area contributed by atoms with Gasteiger partial charge in [-0.3, -0.25) is 9.89 Å². The average molecular weight is 312 g/mol. The molecule has 1 atom stereocenters. The maximum atomic E-state index is 12.1. The van der Waals surface area contributed by atoms with Gasteiger partial charge in [-0.2, -0.15) is 5.10 Å². The molecule has 23 heavy (non-hydrogen) atoms. The molecule has 0 spiro atoms. The van der Waals surface area contributed by atoms with Gasteiger partial charge in [0, 0.05) is 17.4 Å². The molecule has 3 aromatic rings. The van der Waals surface area contributed by atoms with Crippen LogP contribution in [0.5, 0.6) is 11.6 Å². The fourth-order valence-corrected chi connectivity index (χ4v) is 1.96. The first-order valence-corrected chi connectivity index (χ1v) is 7.07. The Bertz CT molecular complexity index is 779. The van der Waals surface area contributed by atoms with Crippen molar-refractivity contribution in [2.75, 3.05) is 5.32 Å². The van der Waals surface area contributed by atoms with E-state index in [1.165, 1.54) is 17.3 Å². The van der Waals surface area contributed by atoms with Crippen molar-refractivity contribution in [3.05, 3.63) is 48.7 Å². The number of H-pyrrole nitrogens is 1. The maximum absolute atomic E-state index is 12.1. The molecule has 0 aliphatic rings. The zero-order chi connectivity index (χ0) is 16.2. The number of benzene rings is 1. The molecule has 118 valence electrons. The quantitative estimate of drug-likeness (QED) is 0.753. The summed E-state index contributed by atoms with van der Waals surface area (Å²) in [7, 11) is 0. The van der Waals surface area contributed by atoms with Crippen molar-refractivity contribution in [1.82, 2.24) is 25.0 Å². The van der Waals surface area contributed by atoms with E-state index in [1.54, 1.807) is 37.3 Å². The van der Waals surface area contributed by atoms with Crippen LogP contribution in [-0.4, -0.2) is 30.9 Å². The second-order valence-electron chi connectivity index (χ2n) is 5.06. The molecule has 0 unspecified atom stereocenters. The zero-order valence-corrected chi connectivity index (χ0v) is 12.7. The highest BCUT2D eigenvalue weighted by Gasteiger charge is 2.15. The topological polar surface area (TPSA) is 97.7 Å². The van der Waals surface area contributed by atoms with Crippen LogP contribution in [0.1, 0.15) is 18.7 Å². The van der Waals surface area contributed by atoms with Crippen LogP contribution in [0.2, 0.25) is 0 Å².